The average Bonchev–Trinajstić information content (AvgIpc) is 3.10. The van der Waals surface area contributed by atoms with Crippen molar-refractivity contribution in [1.82, 2.24) is 4.90 Å². The summed E-state index contributed by atoms with van der Waals surface area (Å²) in [5, 5.41) is 10.3. The van der Waals surface area contributed by atoms with E-state index in [1.807, 2.05) is 23.5 Å². The SMILES string of the molecule is Cc1ccc(CN(CC(C)C)C[C@@H](O)COCc2ccco2)s1. The van der Waals surface area contributed by atoms with Crippen molar-refractivity contribution in [2.45, 2.75) is 40.0 Å². The molecule has 2 heterocycles. The van der Waals surface area contributed by atoms with Crippen molar-refractivity contribution in [3.63, 3.8) is 0 Å². The molecule has 5 heteroatoms. The zero-order chi connectivity index (χ0) is 16.7. The van der Waals surface area contributed by atoms with Gasteiger partial charge in [-0.3, -0.25) is 4.90 Å². The maximum Gasteiger partial charge on any atom is 0.129 e. The first-order chi connectivity index (χ1) is 11.0. The highest BCUT2D eigenvalue weighted by Gasteiger charge is 2.15. The summed E-state index contributed by atoms with van der Waals surface area (Å²) in [6.07, 6.45) is 1.13. The van der Waals surface area contributed by atoms with Crippen LogP contribution in [0.3, 0.4) is 0 Å². The van der Waals surface area contributed by atoms with Crippen LogP contribution in [0.4, 0.5) is 0 Å². The summed E-state index contributed by atoms with van der Waals surface area (Å²) in [6, 6.07) is 8.03. The van der Waals surface area contributed by atoms with Gasteiger partial charge in [-0.2, -0.15) is 0 Å². The number of aliphatic hydroxyl groups is 1. The minimum absolute atomic E-state index is 0.318. The molecule has 0 saturated carbocycles. The van der Waals surface area contributed by atoms with Crippen molar-refractivity contribution in [3.05, 3.63) is 46.0 Å². The van der Waals surface area contributed by atoms with Crippen LogP contribution in [0.5, 0.6) is 0 Å². The van der Waals surface area contributed by atoms with Gasteiger partial charge < -0.3 is 14.3 Å². The lowest BCUT2D eigenvalue weighted by molar-refractivity contribution is 0.00239. The first kappa shape index (κ1) is 18.2. The topological polar surface area (TPSA) is 45.8 Å². The molecule has 23 heavy (non-hydrogen) atoms. The summed E-state index contributed by atoms with van der Waals surface area (Å²) in [5.74, 6) is 1.34. The second-order valence-corrected chi connectivity index (χ2v) is 7.72. The molecule has 2 aromatic rings. The van der Waals surface area contributed by atoms with Gasteiger partial charge in [0, 0.05) is 29.4 Å². The predicted molar refractivity (Wildman–Crippen MR) is 93.5 cm³/mol. The lowest BCUT2D eigenvalue weighted by Gasteiger charge is -2.26. The van der Waals surface area contributed by atoms with E-state index in [1.54, 1.807) is 6.26 Å². The zero-order valence-electron chi connectivity index (χ0n) is 14.2. The fourth-order valence-corrected chi connectivity index (χ4v) is 3.48. The van der Waals surface area contributed by atoms with E-state index in [1.165, 1.54) is 9.75 Å². The molecule has 0 aromatic carbocycles. The lowest BCUT2D eigenvalue weighted by atomic mass is 10.2. The first-order valence-corrected chi connectivity index (χ1v) is 8.90. The summed E-state index contributed by atoms with van der Waals surface area (Å²) >= 11 is 1.82. The molecule has 0 aliphatic carbocycles. The third kappa shape index (κ3) is 6.87. The molecule has 4 nitrogen and oxygen atoms in total. The van der Waals surface area contributed by atoms with Gasteiger partial charge in [0.15, 0.2) is 0 Å². The highest BCUT2D eigenvalue weighted by Crippen LogP contribution is 2.18. The molecule has 2 rings (SSSR count). The van der Waals surface area contributed by atoms with Crippen LogP contribution in [0.15, 0.2) is 34.9 Å². The molecular weight excluding hydrogens is 310 g/mol. The van der Waals surface area contributed by atoms with Crippen molar-refractivity contribution >= 4 is 11.3 Å². The van der Waals surface area contributed by atoms with Crippen molar-refractivity contribution in [3.8, 4) is 0 Å². The normalized spacial score (nSPS) is 13.1. The Hall–Kier alpha value is -1.14. The molecule has 0 fully saturated rings. The van der Waals surface area contributed by atoms with Gasteiger partial charge in [-0.05, 0) is 37.1 Å². The summed E-state index contributed by atoms with van der Waals surface area (Å²) < 4.78 is 10.7. The highest BCUT2D eigenvalue weighted by atomic mass is 32.1. The third-order valence-electron chi connectivity index (χ3n) is 3.40. The van der Waals surface area contributed by atoms with Gasteiger partial charge >= 0.3 is 0 Å². The Morgan fingerprint density at radius 1 is 1.26 bits per heavy atom. The molecule has 0 saturated heterocycles. The van der Waals surface area contributed by atoms with E-state index in [0.717, 1.165) is 18.8 Å². The molecule has 0 aliphatic rings. The van der Waals surface area contributed by atoms with Crippen LogP contribution in [0.2, 0.25) is 0 Å². The van der Waals surface area contributed by atoms with Crippen LogP contribution in [-0.4, -0.2) is 35.8 Å². The quantitative estimate of drug-likeness (QED) is 0.718. The average molecular weight is 337 g/mol. The maximum atomic E-state index is 10.3. The molecule has 1 N–H and O–H groups in total. The first-order valence-electron chi connectivity index (χ1n) is 8.08. The molecule has 128 valence electrons. The minimum Gasteiger partial charge on any atom is -0.467 e. The number of thiophene rings is 1. The second kappa shape index (κ2) is 9.23. The van der Waals surface area contributed by atoms with Crippen LogP contribution in [-0.2, 0) is 17.9 Å². The van der Waals surface area contributed by atoms with Gasteiger partial charge in [-0.1, -0.05) is 13.8 Å². The number of nitrogens with zero attached hydrogens (tertiary/aromatic N) is 1. The maximum absolute atomic E-state index is 10.3. The second-order valence-electron chi connectivity index (χ2n) is 6.35. The van der Waals surface area contributed by atoms with Gasteiger partial charge in [0.1, 0.15) is 12.4 Å². The number of aryl methyl sites for hydroxylation is 1. The monoisotopic (exact) mass is 337 g/mol. The molecule has 0 unspecified atom stereocenters. The Kier molecular flexibility index (Phi) is 7.30. The Morgan fingerprint density at radius 3 is 2.70 bits per heavy atom. The number of rotatable bonds is 10. The molecule has 0 radical (unpaired) electrons. The van der Waals surface area contributed by atoms with Gasteiger partial charge in [0.2, 0.25) is 0 Å². The number of ether oxygens (including phenoxy) is 1. The summed E-state index contributed by atoms with van der Waals surface area (Å²) in [7, 11) is 0. The Bertz CT molecular complexity index is 550. The fraction of sp³-hybridized carbons (Fsp3) is 0.556. The van der Waals surface area contributed by atoms with E-state index >= 15 is 0 Å². The van der Waals surface area contributed by atoms with E-state index in [0.29, 0.717) is 25.7 Å². The van der Waals surface area contributed by atoms with Gasteiger partial charge in [0.25, 0.3) is 0 Å². The number of aliphatic hydroxyl groups excluding tert-OH is 1. The molecule has 0 aliphatic heterocycles. The summed E-state index contributed by atoms with van der Waals surface area (Å²) in [6.45, 7) is 9.71. The molecule has 0 bridgehead atoms. The van der Waals surface area contributed by atoms with E-state index in [4.69, 9.17) is 9.15 Å². The Balaban J connectivity index is 1.78. The predicted octanol–water partition coefficient (Wildman–Crippen LogP) is 3.69. The summed E-state index contributed by atoms with van der Waals surface area (Å²) in [4.78, 5) is 4.97. The van der Waals surface area contributed by atoms with Crippen molar-refractivity contribution in [1.29, 1.82) is 0 Å². The smallest absolute Gasteiger partial charge is 0.129 e. The van der Waals surface area contributed by atoms with Crippen LogP contribution in [0, 0.1) is 12.8 Å². The molecule has 0 spiro atoms. The van der Waals surface area contributed by atoms with Gasteiger partial charge in [-0.25, -0.2) is 0 Å². The standard InChI is InChI=1S/C18H27NO3S/c1-14(2)9-19(11-18-7-6-15(3)23-18)10-16(20)12-21-13-17-5-4-8-22-17/h4-8,14,16,20H,9-13H2,1-3H3/t16-/m1/s1. The molecule has 2 aromatic heterocycles. The molecular formula is C18H27NO3S. The van der Waals surface area contributed by atoms with E-state index in [2.05, 4.69) is 37.8 Å². The largest absolute Gasteiger partial charge is 0.467 e. The van der Waals surface area contributed by atoms with Crippen LogP contribution < -0.4 is 0 Å². The minimum atomic E-state index is -0.496. The van der Waals surface area contributed by atoms with E-state index in [-0.39, 0.29) is 0 Å². The number of furan rings is 1. The van der Waals surface area contributed by atoms with E-state index in [9.17, 15) is 5.11 Å². The van der Waals surface area contributed by atoms with Crippen molar-refractivity contribution in [2.24, 2.45) is 5.92 Å². The molecule has 0 amide bonds. The van der Waals surface area contributed by atoms with Crippen molar-refractivity contribution in [2.75, 3.05) is 19.7 Å². The van der Waals surface area contributed by atoms with Crippen LogP contribution in [0.25, 0.3) is 0 Å². The zero-order valence-corrected chi connectivity index (χ0v) is 15.0. The number of hydrogen-bond acceptors (Lipinski definition) is 5. The van der Waals surface area contributed by atoms with Crippen LogP contribution >= 0.6 is 11.3 Å². The summed E-state index contributed by atoms with van der Waals surface area (Å²) in [5.41, 5.74) is 0. The Labute approximate surface area is 142 Å². The van der Waals surface area contributed by atoms with Crippen molar-refractivity contribution < 1.29 is 14.3 Å². The Morgan fingerprint density at radius 2 is 2.09 bits per heavy atom. The van der Waals surface area contributed by atoms with Gasteiger partial charge in [-0.15, -0.1) is 11.3 Å². The number of hydrogen-bond donors (Lipinski definition) is 1. The highest BCUT2D eigenvalue weighted by molar-refractivity contribution is 7.11. The van der Waals surface area contributed by atoms with Gasteiger partial charge in [0.05, 0.1) is 19.0 Å². The lowest BCUT2D eigenvalue weighted by Crippen LogP contribution is -2.36. The fourth-order valence-electron chi connectivity index (χ4n) is 2.55. The third-order valence-corrected chi connectivity index (χ3v) is 4.39. The molecule has 1 atom stereocenters. The van der Waals surface area contributed by atoms with Crippen LogP contribution in [0.1, 0.15) is 29.4 Å². The van der Waals surface area contributed by atoms with E-state index < -0.39 is 6.10 Å².